The van der Waals surface area contributed by atoms with Crippen LogP contribution in [-0.4, -0.2) is 19.1 Å². The van der Waals surface area contributed by atoms with Gasteiger partial charge in [-0.3, -0.25) is 4.79 Å². The molecular formula is C18H17Cl2NO3. The van der Waals surface area contributed by atoms with Gasteiger partial charge in [-0.15, -0.1) is 0 Å². The fourth-order valence-corrected chi connectivity index (χ4v) is 2.96. The fraction of sp³-hybridized carbons (Fsp3) is 0.278. The first kappa shape index (κ1) is 16.9. The normalized spacial score (nSPS) is 12.8. The second-order valence-electron chi connectivity index (χ2n) is 5.49. The van der Waals surface area contributed by atoms with Crippen molar-refractivity contribution in [2.45, 2.75) is 19.4 Å². The largest absolute Gasteiger partial charge is 0.486 e. The molecule has 24 heavy (non-hydrogen) atoms. The number of hydrogen-bond acceptors (Lipinski definition) is 3. The minimum absolute atomic E-state index is 0.0316. The fourth-order valence-electron chi connectivity index (χ4n) is 2.46. The number of carbonyl (C=O) groups is 1. The quantitative estimate of drug-likeness (QED) is 0.870. The van der Waals surface area contributed by atoms with Crippen LogP contribution in [0.15, 0.2) is 36.4 Å². The van der Waals surface area contributed by atoms with Crippen molar-refractivity contribution in [3.63, 3.8) is 0 Å². The molecule has 1 aliphatic rings. The van der Waals surface area contributed by atoms with E-state index in [1.54, 1.807) is 12.1 Å². The predicted octanol–water partition coefficient (Wildman–Crippen LogP) is 4.01. The lowest BCUT2D eigenvalue weighted by molar-refractivity contribution is -0.121. The Bertz CT molecular complexity index is 749. The van der Waals surface area contributed by atoms with Crippen LogP contribution >= 0.6 is 23.2 Å². The summed E-state index contributed by atoms with van der Waals surface area (Å²) < 4.78 is 11.0. The highest BCUT2D eigenvalue weighted by Crippen LogP contribution is 2.30. The number of hydrogen-bond donors (Lipinski definition) is 1. The highest BCUT2D eigenvalue weighted by atomic mass is 35.5. The average Bonchev–Trinajstić information content (AvgIpc) is 2.59. The van der Waals surface area contributed by atoms with Gasteiger partial charge < -0.3 is 14.8 Å². The second kappa shape index (κ2) is 7.77. The van der Waals surface area contributed by atoms with Crippen molar-refractivity contribution >= 4 is 29.1 Å². The van der Waals surface area contributed by atoms with Gasteiger partial charge in [-0.05, 0) is 41.8 Å². The van der Waals surface area contributed by atoms with Crippen LogP contribution in [0.2, 0.25) is 10.0 Å². The van der Waals surface area contributed by atoms with Gasteiger partial charge in [-0.25, -0.2) is 0 Å². The van der Waals surface area contributed by atoms with Gasteiger partial charge >= 0.3 is 0 Å². The number of benzene rings is 2. The SMILES string of the molecule is O=C(CCc1ccc(Cl)cc1Cl)NCc1ccc2c(c1)OCCO2. The first-order valence-corrected chi connectivity index (χ1v) is 8.46. The van der Waals surface area contributed by atoms with Gasteiger partial charge in [0.05, 0.1) is 0 Å². The molecule has 0 radical (unpaired) electrons. The molecule has 1 N–H and O–H groups in total. The van der Waals surface area contributed by atoms with Gasteiger partial charge in [-0.2, -0.15) is 0 Å². The Morgan fingerprint density at radius 1 is 1.04 bits per heavy atom. The number of carbonyl (C=O) groups excluding carboxylic acids is 1. The molecule has 0 aromatic heterocycles. The second-order valence-corrected chi connectivity index (χ2v) is 6.33. The molecular weight excluding hydrogens is 349 g/mol. The van der Waals surface area contributed by atoms with Crippen LogP contribution < -0.4 is 14.8 Å². The molecule has 126 valence electrons. The maximum Gasteiger partial charge on any atom is 0.220 e. The Hall–Kier alpha value is -1.91. The molecule has 4 nitrogen and oxygen atoms in total. The van der Waals surface area contributed by atoms with Crippen molar-refractivity contribution in [2.75, 3.05) is 13.2 Å². The molecule has 0 saturated heterocycles. The summed E-state index contributed by atoms with van der Waals surface area (Å²) >= 11 is 12.0. The van der Waals surface area contributed by atoms with Crippen LogP contribution in [0.3, 0.4) is 0 Å². The Morgan fingerprint density at radius 2 is 1.83 bits per heavy atom. The zero-order chi connectivity index (χ0) is 16.9. The van der Waals surface area contributed by atoms with E-state index in [4.69, 9.17) is 32.7 Å². The molecule has 6 heteroatoms. The van der Waals surface area contributed by atoms with E-state index in [1.165, 1.54) is 0 Å². The maximum atomic E-state index is 12.0. The third kappa shape index (κ3) is 4.34. The molecule has 1 heterocycles. The standard InChI is InChI=1S/C18H17Cl2NO3/c19-14-4-2-13(15(20)10-14)3-6-18(22)21-11-12-1-5-16-17(9-12)24-8-7-23-16/h1-2,4-5,9-10H,3,6-8,11H2,(H,21,22). The van der Waals surface area contributed by atoms with E-state index in [0.29, 0.717) is 42.6 Å². The summed E-state index contributed by atoms with van der Waals surface area (Å²) in [5, 5.41) is 4.08. The Kier molecular flexibility index (Phi) is 5.48. The summed E-state index contributed by atoms with van der Waals surface area (Å²) in [7, 11) is 0. The smallest absolute Gasteiger partial charge is 0.220 e. The lowest BCUT2D eigenvalue weighted by atomic mass is 10.1. The van der Waals surface area contributed by atoms with E-state index in [1.807, 2.05) is 24.3 Å². The number of halogens is 2. The lowest BCUT2D eigenvalue weighted by Gasteiger charge is -2.19. The topological polar surface area (TPSA) is 47.6 Å². The molecule has 2 aromatic rings. The Balaban J connectivity index is 1.50. The number of rotatable bonds is 5. The van der Waals surface area contributed by atoms with Crippen molar-refractivity contribution in [1.29, 1.82) is 0 Å². The number of aryl methyl sites for hydroxylation is 1. The molecule has 0 saturated carbocycles. The van der Waals surface area contributed by atoms with Crippen LogP contribution in [0.5, 0.6) is 11.5 Å². The molecule has 0 spiro atoms. The third-order valence-corrected chi connectivity index (χ3v) is 4.32. The minimum atomic E-state index is -0.0316. The molecule has 3 rings (SSSR count). The van der Waals surface area contributed by atoms with E-state index in [-0.39, 0.29) is 5.91 Å². The molecule has 1 aliphatic heterocycles. The number of nitrogens with one attached hydrogen (secondary N) is 1. The Labute approximate surface area is 150 Å². The van der Waals surface area contributed by atoms with Crippen molar-refractivity contribution in [2.24, 2.45) is 0 Å². The van der Waals surface area contributed by atoms with E-state index in [0.717, 1.165) is 22.6 Å². The highest BCUT2D eigenvalue weighted by Gasteiger charge is 2.12. The third-order valence-electron chi connectivity index (χ3n) is 3.73. The average molecular weight is 366 g/mol. The van der Waals surface area contributed by atoms with Crippen LogP contribution in [0, 0.1) is 0 Å². The van der Waals surface area contributed by atoms with E-state index in [9.17, 15) is 4.79 Å². The molecule has 0 atom stereocenters. The first-order valence-electron chi connectivity index (χ1n) is 7.71. The summed E-state index contributed by atoms with van der Waals surface area (Å²) in [6, 6.07) is 11.0. The summed E-state index contributed by atoms with van der Waals surface area (Å²) in [5.74, 6) is 1.44. The van der Waals surface area contributed by atoms with Crippen LogP contribution in [0.1, 0.15) is 17.5 Å². The summed E-state index contributed by atoms with van der Waals surface area (Å²) in [5.41, 5.74) is 1.88. The number of fused-ring (bicyclic) bond motifs is 1. The van der Waals surface area contributed by atoms with Gasteiger partial charge in [0, 0.05) is 23.0 Å². The molecule has 0 fully saturated rings. The zero-order valence-corrected chi connectivity index (χ0v) is 14.5. The number of amides is 1. The Morgan fingerprint density at radius 3 is 2.62 bits per heavy atom. The molecule has 0 unspecified atom stereocenters. The van der Waals surface area contributed by atoms with E-state index in [2.05, 4.69) is 5.32 Å². The van der Waals surface area contributed by atoms with Gasteiger partial charge in [0.2, 0.25) is 5.91 Å². The molecule has 0 aliphatic carbocycles. The molecule has 1 amide bonds. The van der Waals surface area contributed by atoms with Crippen molar-refractivity contribution in [3.05, 3.63) is 57.6 Å². The van der Waals surface area contributed by atoms with Crippen LogP contribution in [-0.2, 0) is 17.8 Å². The number of ether oxygens (including phenoxy) is 2. The van der Waals surface area contributed by atoms with Gasteiger partial charge in [-0.1, -0.05) is 35.3 Å². The first-order chi connectivity index (χ1) is 11.6. The van der Waals surface area contributed by atoms with E-state index < -0.39 is 0 Å². The predicted molar refractivity (Wildman–Crippen MR) is 94.1 cm³/mol. The van der Waals surface area contributed by atoms with Crippen molar-refractivity contribution in [1.82, 2.24) is 5.32 Å². The zero-order valence-electron chi connectivity index (χ0n) is 13.0. The monoisotopic (exact) mass is 365 g/mol. The minimum Gasteiger partial charge on any atom is -0.486 e. The van der Waals surface area contributed by atoms with Crippen LogP contribution in [0.4, 0.5) is 0 Å². The summed E-state index contributed by atoms with van der Waals surface area (Å²) in [6.07, 6.45) is 0.939. The molecule has 2 aromatic carbocycles. The van der Waals surface area contributed by atoms with Gasteiger partial charge in [0.25, 0.3) is 0 Å². The lowest BCUT2D eigenvalue weighted by Crippen LogP contribution is -2.23. The summed E-state index contributed by atoms with van der Waals surface area (Å²) in [4.78, 5) is 12.0. The maximum absolute atomic E-state index is 12.0. The van der Waals surface area contributed by atoms with Gasteiger partial charge in [0.15, 0.2) is 11.5 Å². The van der Waals surface area contributed by atoms with Gasteiger partial charge in [0.1, 0.15) is 13.2 Å². The highest BCUT2D eigenvalue weighted by molar-refractivity contribution is 6.35. The summed E-state index contributed by atoms with van der Waals surface area (Å²) in [6.45, 7) is 1.56. The van der Waals surface area contributed by atoms with Crippen LogP contribution in [0.25, 0.3) is 0 Å². The van der Waals surface area contributed by atoms with Crippen molar-refractivity contribution < 1.29 is 14.3 Å². The van der Waals surface area contributed by atoms with E-state index >= 15 is 0 Å². The van der Waals surface area contributed by atoms with Crippen molar-refractivity contribution in [3.8, 4) is 11.5 Å². The molecule has 0 bridgehead atoms.